The smallest absolute Gasteiger partial charge is 0.234 e. The Balaban J connectivity index is 2.82. The molecule has 1 aromatic heterocycles. The van der Waals surface area contributed by atoms with Crippen molar-refractivity contribution in [3.8, 4) is 18.2 Å². The first-order valence-corrected chi connectivity index (χ1v) is 5.85. The van der Waals surface area contributed by atoms with Crippen molar-refractivity contribution in [3.05, 3.63) is 10.8 Å². The molecule has 0 aliphatic heterocycles. The minimum absolute atomic E-state index is 0.315. The maximum Gasteiger partial charge on any atom is 0.234 e. The van der Waals surface area contributed by atoms with Crippen molar-refractivity contribution in [2.75, 3.05) is 11.9 Å². The molecule has 4 nitrogen and oxygen atoms in total. The topological polar surface area (TPSA) is 47.0 Å². The molecule has 0 aliphatic rings. The molecule has 0 saturated heterocycles. The van der Waals surface area contributed by atoms with Gasteiger partial charge in [0.2, 0.25) is 5.88 Å². The molecule has 0 saturated carbocycles. The zero-order valence-electron chi connectivity index (χ0n) is 9.33. The van der Waals surface area contributed by atoms with Crippen molar-refractivity contribution < 1.29 is 4.74 Å². The van der Waals surface area contributed by atoms with E-state index in [0.717, 1.165) is 18.8 Å². The molecular formula is C11H14BrN3O. The van der Waals surface area contributed by atoms with E-state index in [1.54, 1.807) is 6.92 Å². The number of nitrogens with one attached hydrogen (secondary N) is 1. The van der Waals surface area contributed by atoms with E-state index in [2.05, 4.69) is 44.1 Å². The van der Waals surface area contributed by atoms with Gasteiger partial charge in [0.1, 0.15) is 16.6 Å². The van der Waals surface area contributed by atoms with Crippen LogP contribution >= 0.6 is 15.9 Å². The third-order valence-electron chi connectivity index (χ3n) is 1.82. The van der Waals surface area contributed by atoms with Gasteiger partial charge in [0.15, 0.2) is 6.10 Å². The number of nitrogens with zero attached hydrogens (tertiary/aromatic N) is 2. The Kier molecular flexibility index (Phi) is 5.06. The van der Waals surface area contributed by atoms with Crippen LogP contribution < -0.4 is 10.1 Å². The molecule has 1 atom stereocenters. The molecule has 0 amide bonds. The number of rotatable bonds is 5. The Labute approximate surface area is 104 Å². The molecule has 5 heteroatoms. The average Bonchev–Trinajstić information content (AvgIpc) is 2.30. The van der Waals surface area contributed by atoms with Crippen LogP contribution in [-0.2, 0) is 0 Å². The monoisotopic (exact) mass is 283 g/mol. The van der Waals surface area contributed by atoms with Crippen LogP contribution in [0.1, 0.15) is 20.3 Å². The van der Waals surface area contributed by atoms with Gasteiger partial charge in [-0.3, -0.25) is 0 Å². The Hall–Kier alpha value is -1.28. The number of anilines is 1. The third kappa shape index (κ3) is 3.38. The molecule has 86 valence electrons. The predicted octanol–water partition coefficient (Wildman–Crippen LogP) is 2.46. The lowest BCUT2D eigenvalue weighted by molar-refractivity contribution is 0.265. The molecule has 1 unspecified atom stereocenters. The van der Waals surface area contributed by atoms with Gasteiger partial charge in [-0.1, -0.05) is 12.8 Å². The summed E-state index contributed by atoms with van der Waals surface area (Å²) in [5, 5.41) is 3.16. The van der Waals surface area contributed by atoms with Gasteiger partial charge < -0.3 is 10.1 Å². The van der Waals surface area contributed by atoms with Gasteiger partial charge in [-0.05, 0) is 29.3 Å². The Morgan fingerprint density at radius 3 is 3.00 bits per heavy atom. The van der Waals surface area contributed by atoms with Crippen LogP contribution in [0.4, 0.5) is 5.82 Å². The average molecular weight is 284 g/mol. The van der Waals surface area contributed by atoms with Crippen LogP contribution in [0.15, 0.2) is 10.8 Å². The number of ether oxygens (including phenoxy) is 1. The molecule has 0 fully saturated rings. The predicted molar refractivity (Wildman–Crippen MR) is 67.4 cm³/mol. The highest BCUT2D eigenvalue weighted by Gasteiger charge is 2.11. The minimum atomic E-state index is -0.315. The molecule has 1 heterocycles. The van der Waals surface area contributed by atoms with Crippen molar-refractivity contribution in [1.82, 2.24) is 9.97 Å². The Morgan fingerprint density at radius 2 is 2.38 bits per heavy atom. The highest BCUT2D eigenvalue weighted by molar-refractivity contribution is 9.10. The Bertz CT molecular complexity index is 389. The van der Waals surface area contributed by atoms with E-state index >= 15 is 0 Å². The van der Waals surface area contributed by atoms with Gasteiger partial charge in [0.25, 0.3) is 0 Å². The van der Waals surface area contributed by atoms with Gasteiger partial charge in [-0.25, -0.2) is 9.97 Å². The summed E-state index contributed by atoms with van der Waals surface area (Å²) in [6.45, 7) is 4.72. The van der Waals surface area contributed by atoms with E-state index < -0.39 is 0 Å². The van der Waals surface area contributed by atoms with Crippen molar-refractivity contribution in [3.63, 3.8) is 0 Å². The van der Waals surface area contributed by atoms with Crippen molar-refractivity contribution >= 4 is 21.7 Å². The SMILES string of the molecule is C#CC(C)Oc1ncnc(NCCC)c1Br. The number of halogens is 1. The summed E-state index contributed by atoms with van der Waals surface area (Å²) in [6.07, 6.45) is 7.39. The van der Waals surface area contributed by atoms with Crippen LogP contribution in [0.3, 0.4) is 0 Å². The summed E-state index contributed by atoms with van der Waals surface area (Å²) in [5.74, 6) is 3.66. The lowest BCUT2D eigenvalue weighted by Crippen LogP contribution is -2.11. The summed E-state index contributed by atoms with van der Waals surface area (Å²) in [6, 6.07) is 0. The maximum atomic E-state index is 5.44. The van der Waals surface area contributed by atoms with Crippen LogP contribution in [0.25, 0.3) is 0 Å². The van der Waals surface area contributed by atoms with Crippen LogP contribution in [0.5, 0.6) is 5.88 Å². The van der Waals surface area contributed by atoms with E-state index in [1.165, 1.54) is 6.33 Å². The van der Waals surface area contributed by atoms with Gasteiger partial charge >= 0.3 is 0 Å². The van der Waals surface area contributed by atoms with E-state index in [9.17, 15) is 0 Å². The van der Waals surface area contributed by atoms with Crippen LogP contribution in [0, 0.1) is 12.3 Å². The second kappa shape index (κ2) is 6.33. The summed E-state index contributed by atoms with van der Waals surface area (Å²) < 4.78 is 6.14. The summed E-state index contributed by atoms with van der Waals surface area (Å²) in [5.41, 5.74) is 0. The second-order valence-electron chi connectivity index (χ2n) is 3.19. The van der Waals surface area contributed by atoms with Crippen LogP contribution in [0.2, 0.25) is 0 Å². The highest BCUT2D eigenvalue weighted by atomic mass is 79.9. The van der Waals surface area contributed by atoms with Crippen LogP contribution in [-0.4, -0.2) is 22.6 Å². The van der Waals surface area contributed by atoms with Gasteiger partial charge in [0, 0.05) is 6.54 Å². The summed E-state index contributed by atoms with van der Waals surface area (Å²) in [4.78, 5) is 8.13. The maximum absolute atomic E-state index is 5.44. The van der Waals surface area contributed by atoms with E-state index in [1.807, 2.05) is 0 Å². The normalized spacial score (nSPS) is 11.6. The molecule has 1 N–H and O–H groups in total. The first kappa shape index (κ1) is 12.8. The standard InChI is InChI=1S/C11H14BrN3O/c1-4-6-13-10-9(12)11(15-7-14-10)16-8(3)5-2/h2,7-8H,4,6H2,1,3H3,(H,13,14,15). The van der Waals surface area contributed by atoms with Gasteiger partial charge in [-0.2, -0.15) is 0 Å². The van der Waals surface area contributed by atoms with E-state index in [-0.39, 0.29) is 6.10 Å². The molecule has 1 rings (SSSR count). The zero-order chi connectivity index (χ0) is 12.0. The quantitative estimate of drug-likeness (QED) is 0.844. The van der Waals surface area contributed by atoms with Gasteiger partial charge in [-0.15, -0.1) is 6.42 Å². The molecule has 0 aromatic carbocycles. The molecule has 0 aliphatic carbocycles. The van der Waals surface area contributed by atoms with Crippen molar-refractivity contribution in [1.29, 1.82) is 0 Å². The fourth-order valence-electron chi connectivity index (χ4n) is 1.00. The molecule has 0 radical (unpaired) electrons. The molecular weight excluding hydrogens is 270 g/mol. The molecule has 0 bridgehead atoms. The van der Waals surface area contributed by atoms with Crippen molar-refractivity contribution in [2.24, 2.45) is 0 Å². The Morgan fingerprint density at radius 1 is 1.62 bits per heavy atom. The summed E-state index contributed by atoms with van der Waals surface area (Å²) in [7, 11) is 0. The number of aromatic nitrogens is 2. The molecule has 0 spiro atoms. The van der Waals surface area contributed by atoms with Gasteiger partial charge in [0.05, 0.1) is 0 Å². The fourth-order valence-corrected chi connectivity index (χ4v) is 1.44. The zero-order valence-corrected chi connectivity index (χ0v) is 10.9. The molecule has 16 heavy (non-hydrogen) atoms. The first-order valence-electron chi connectivity index (χ1n) is 5.06. The fraction of sp³-hybridized carbons (Fsp3) is 0.455. The number of terminal acetylenes is 1. The lowest BCUT2D eigenvalue weighted by atomic mass is 10.4. The van der Waals surface area contributed by atoms with E-state index in [4.69, 9.17) is 11.2 Å². The second-order valence-corrected chi connectivity index (χ2v) is 3.99. The van der Waals surface area contributed by atoms with E-state index in [0.29, 0.717) is 10.4 Å². The summed E-state index contributed by atoms with van der Waals surface area (Å²) >= 11 is 3.39. The number of hydrogen-bond acceptors (Lipinski definition) is 4. The van der Waals surface area contributed by atoms with Crippen molar-refractivity contribution in [2.45, 2.75) is 26.4 Å². The highest BCUT2D eigenvalue weighted by Crippen LogP contribution is 2.28. The first-order chi connectivity index (χ1) is 7.69. The third-order valence-corrected chi connectivity index (χ3v) is 2.54. The number of hydrogen-bond donors (Lipinski definition) is 1. The largest absolute Gasteiger partial charge is 0.461 e. The minimum Gasteiger partial charge on any atom is -0.461 e. The molecule has 1 aromatic rings. The lowest BCUT2D eigenvalue weighted by Gasteiger charge is -2.12.